The van der Waals surface area contributed by atoms with E-state index in [1.165, 1.54) is 151 Å². The Hall–Kier alpha value is -9.24. The van der Waals surface area contributed by atoms with Crippen LogP contribution in [-0.4, -0.2) is 4.57 Å². The molecule has 0 fully saturated rings. The second-order valence-electron chi connectivity index (χ2n) is 22.7. The molecule has 2 heteroatoms. The normalized spacial score (nSPS) is 12.3. The zero-order valence-corrected chi connectivity index (χ0v) is 48.4. The topological polar surface area (TPSA) is 8.17 Å². The molecule has 0 bridgehead atoms. The van der Waals surface area contributed by atoms with Gasteiger partial charge >= 0.3 is 0 Å². The van der Waals surface area contributed by atoms with E-state index in [4.69, 9.17) is 0 Å². The Labute approximate surface area is 492 Å². The lowest BCUT2D eigenvalue weighted by Crippen LogP contribution is -2.26. The average Bonchev–Trinajstić information content (AvgIpc) is 2.25. The molecule has 0 spiro atoms. The molecule has 408 valence electrons. The van der Waals surface area contributed by atoms with E-state index >= 15 is 0 Å². The largest absolute Gasteiger partial charge is 0.310 e. The van der Waals surface area contributed by atoms with Crippen molar-refractivity contribution in [3.8, 4) is 61.3 Å². The van der Waals surface area contributed by atoms with Gasteiger partial charge < -0.3 is 9.47 Å². The minimum atomic E-state index is -0.193. The van der Waals surface area contributed by atoms with E-state index in [-0.39, 0.29) is 5.41 Å². The van der Waals surface area contributed by atoms with Crippen LogP contribution >= 0.6 is 0 Å². The molecule has 12 rings (SSSR count). The molecule has 0 saturated heterocycles. The minimum absolute atomic E-state index is 0.193. The van der Waals surface area contributed by atoms with Gasteiger partial charge in [-0.3, -0.25) is 0 Å². The molecule has 2 nitrogen and oxygen atoms in total. The van der Waals surface area contributed by atoms with Gasteiger partial charge in [-0.25, -0.2) is 0 Å². The third kappa shape index (κ3) is 10.7. The Balaban J connectivity index is 1.02. The number of benzene rings is 10. The quantitative estimate of drug-likeness (QED) is 0.0614. The highest BCUT2D eigenvalue weighted by molar-refractivity contribution is 6.12. The molecule has 83 heavy (non-hydrogen) atoms. The fraction of sp³-hybridized carbons (Fsp3) is 0.160. The molecule has 0 saturated carbocycles. The maximum absolute atomic E-state index is 4.02. The van der Waals surface area contributed by atoms with Crippen molar-refractivity contribution in [3.63, 3.8) is 0 Å². The van der Waals surface area contributed by atoms with Crippen molar-refractivity contribution in [1.29, 1.82) is 0 Å². The number of hydrogen-bond acceptors (Lipinski definition) is 1. The van der Waals surface area contributed by atoms with E-state index in [9.17, 15) is 0 Å². The van der Waals surface area contributed by atoms with Crippen molar-refractivity contribution in [1.82, 2.24) is 4.57 Å². The zero-order chi connectivity index (χ0) is 56.9. The van der Waals surface area contributed by atoms with Crippen LogP contribution in [0, 0.1) is 0 Å². The smallest absolute Gasteiger partial charge is 0.0541 e. The SMILES string of the molecule is C=Cc1ccc(-c2ccc(N(c3ccc(-c4ccc(C=C)cc4)cc3)c3ccc4c(c3)C(CCCCCC)(CCCCCC)c3cc(-n5c6ccc(-c7ccc(C=C)cc7)cc6c6cc(-c7ccc(C=C)cc7)ccc65)ccc3-4)cc2)cc1. The molecule has 1 aliphatic rings. The molecular weight excluding hydrogens is 1000 g/mol. The maximum Gasteiger partial charge on any atom is 0.0541 e. The number of anilines is 3. The van der Waals surface area contributed by atoms with Crippen molar-refractivity contribution in [2.75, 3.05) is 4.90 Å². The summed E-state index contributed by atoms with van der Waals surface area (Å²) in [5.74, 6) is 0. The van der Waals surface area contributed by atoms with Crippen LogP contribution < -0.4 is 4.90 Å². The van der Waals surface area contributed by atoms with Gasteiger partial charge in [-0.2, -0.15) is 0 Å². The minimum Gasteiger partial charge on any atom is -0.310 e. The van der Waals surface area contributed by atoms with Crippen LogP contribution in [-0.2, 0) is 5.41 Å². The summed E-state index contributed by atoms with van der Waals surface area (Å²) in [5, 5.41) is 2.48. The van der Waals surface area contributed by atoms with E-state index in [1.807, 2.05) is 24.3 Å². The van der Waals surface area contributed by atoms with Gasteiger partial charge in [0.15, 0.2) is 0 Å². The second kappa shape index (κ2) is 24.1. The van der Waals surface area contributed by atoms with Gasteiger partial charge in [0.2, 0.25) is 0 Å². The highest BCUT2D eigenvalue weighted by atomic mass is 15.1. The molecule has 0 aliphatic heterocycles. The molecule has 1 heterocycles. The van der Waals surface area contributed by atoms with Gasteiger partial charge in [0.25, 0.3) is 0 Å². The van der Waals surface area contributed by atoms with Crippen molar-refractivity contribution >= 4 is 63.2 Å². The molecule has 0 atom stereocenters. The Kier molecular flexibility index (Phi) is 15.8. The number of fused-ring (bicyclic) bond motifs is 6. The van der Waals surface area contributed by atoms with Gasteiger partial charge in [-0.1, -0.05) is 261 Å². The van der Waals surface area contributed by atoms with Crippen molar-refractivity contribution in [3.05, 3.63) is 278 Å². The van der Waals surface area contributed by atoms with Crippen LogP contribution in [0.5, 0.6) is 0 Å². The number of nitrogens with zero attached hydrogens (tertiary/aromatic N) is 2. The highest BCUT2D eigenvalue weighted by Crippen LogP contribution is 2.57. The predicted octanol–water partition coefficient (Wildman–Crippen LogP) is 23.7. The number of unbranched alkanes of at least 4 members (excludes halogenated alkanes) is 6. The summed E-state index contributed by atoms with van der Waals surface area (Å²) in [4.78, 5) is 2.48. The molecule has 11 aromatic rings. The van der Waals surface area contributed by atoms with E-state index in [0.717, 1.165) is 46.5 Å². The number of aromatic nitrogens is 1. The molecule has 0 radical (unpaired) electrons. The summed E-state index contributed by atoms with van der Waals surface area (Å²) < 4.78 is 2.55. The van der Waals surface area contributed by atoms with E-state index < -0.39 is 0 Å². The second-order valence-corrected chi connectivity index (χ2v) is 22.7. The van der Waals surface area contributed by atoms with Gasteiger partial charge in [0, 0.05) is 38.9 Å². The fourth-order valence-electron chi connectivity index (χ4n) is 13.1. The summed E-state index contributed by atoms with van der Waals surface area (Å²) in [5.41, 5.74) is 26.5. The maximum atomic E-state index is 4.02. The van der Waals surface area contributed by atoms with Crippen molar-refractivity contribution in [2.24, 2.45) is 0 Å². The third-order valence-electron chi connectivity index (χ3n) is 17.7. The first kappa shape index (κ1) is 54.4. The summed E-state index contributed by atoms with van der Waals surface area (Å²) in [7, 11) is 0. The molecule has 0 amide bonds. The van der Waals surface area contributed by atoms with Crippen molar-refractivity contribution < 1.29 is 0 Å². The van der Waals surface area contributed by atoms with E-state index in [0.29, 0.717) is 0 Å². The molecule has 0 N–H and O–H groups in total. The Morgan fingerprint density at radius 3 is 1.06 bits per heavy atom. The first-order chi connectivity index (χ1) is 40.8. The lowest BCUT2D eigenvalue weighted by atomic mass is 9.70. The lowest BCUT2D eigenvalue weighted by molar-refractivity contribution is 0.401. The predicted molar refractivity (Wildman–Crippen MR) is 361 cm³/mol. The monoisotopic (exact) mass is 1070 g/mol. The molecule has 1 aliphatic carbocycles. The van der Waals surface area contributed by atoms with Crippen LogP contribution in [0.1, 0.15) is 111 Å². The van der Waals surface area contributed by atoms with E-state index in [1.54, 1.807) is 0 Å². The zero-order valence-electron chi connectivity index (χ0n) is 48.4. The molecule has 1 aromatic heterocycles. The summed E-state index contributed by atoms with van der Waals surface area (Å²) in [6.07, 6.45) is 19.5. The molecular formula is C81H74N2. The first-order valence-corrected chi connectivity index (χ1v) is 30.1. The van der Waals surface area contributed by atoms with Crippen LogP contribution in [0.2, 0.25) is 0 Å². The average molecular weight is 1080 g/mol. The van der Waals surface area contributed by atoms with Crippen LogP contribution in [0.15, 0.2) is 245 Å². The first-order valence-electron chi connectivity index (χ1n) is 30.1. The standard InChI is InChI=1S/C81H74N2/c1-7-13-15-17-51-81(52-18-16-14-8-2)77-55-71(82(69-41-35-63(36-42-69)61-27-19-57(9-3)20-28-61)70-43-37-64(38-44-70)62-29-21-58(10-4)22-30-62)45-47-73(77)74-48-46-72(56-78(74)81)83-79-49-39-67(65-31-23-59(11-5)24-32-65)53-75(79)76-54-68(40-50-80(76)83)66-33-25-60(12-6)26-34-66/h9-12,19-50,53-56H,3-8,13-18,51-52H2,1-2H3. The van der Waals surface area contributed by atoms with Gasteiger partial charge in [0.1, 0.15) is 0 Å². The summed E-state index contributed by atoms with van der Waals surface area (Å²) in [6.45, 7) is 20.7. The Morgan fingerprint density at radius 2 is 0.675 bits per heavy atom. The third-order valence-corrected chi connectivity index (χ3v) is 17.7. The summed E-state index contributed by atoms with van der Waals surface area (Å²) >= 11 is 0. The lowest BCUT2D eigenvalue weighted by Gasteiger charge is -2.34. The molecule has 0 unspecified atom stereocenters. The van der Waals surface area contributed by atoms with Gasteiger partial charge in [-0.15, -0.1) is 0 Å². The number of rotatable bonds is 22. The Morgan fingerprint density at radius 1 is 0.337 bits per heavy atom. The van der Waals surface area contributed by atoms with Gasteiger partial charge in [-0.05, 0) is 175 Å². The Bertz CT molecular complexity index is 3920. The van der Waals surface area contributed by atoms with E-state index in [2.05, 4.69) is 268 Å². The highest BCUT2D eigenvalue weighted by Gasteiger charge is 2.43. The fourth-order valence-corrected chi connectivity index (χ4v) is 13.1. The number of hydrogen-bond donors (Lipinski definition) is 0. The van der Waals surface area contributed by atoms with Crippen LogP contribution in [0.4, 0.5) is 17.1 Å². The molecule has 10 aromatic carbocycles. The van der Waals surface area contributed by atoms with Crippen molar-refractivity contribution in [2.45, 2.75) is 83.5 Å². The van der Waals surface area contributed by atoms with Gasteiger partial charge in [0.05, 0.1) is 11.0 Å². The van der Waals surface area contributed by atoms with Crippen LogP contribution in [0.3, 0.4) is 0 Å². The van der Waals surface area contributed by atoms with Crippen LogP contribution in [0.25, 0.3) is 107 Å². The summed E-state index contributed by atoms with van der Waals surface area (Å²) in [6, 6.07) is 82.1.